The summed E-state index contributed by atoms with van der Waals surface area (Å²) >= 11 is 0. The third kappa shape index (κ3) is 3.77. The zero-order valence-electron chi connectivity index (χ0n) is 10.9. The second-order valence-corrected chi connectivity index (χ2v) is 4.66. The maximum absolute atomic E-state index is 10.6. The quantitative estimate of drug-likeness (QED) is 0.855. The smallest absolute Gasteiger partial charge is 0.303 e. The summed E-state index contributed by atoms with van der Waals surface area (Å²) in [7, 11) is 1.65. The lowest BCUT2D eigenvalue weighted by Crippen LogP contribution is -2.08. The van der Waals surface area contributed by atoms with E-state index in [1.54, 1.807) is 7.11 Å². The molecule has 1 unspecified atom stereocenters. The molecule has 3 heteroatoms. The molecule has 0 radical (unpaired) electrons. The van der Waals surface area contributed by atoms with Crippen molar-refractivity contribution in [3.05, 3.63) is 28.8 Å². The molecule has 0 heterocycles. The van der Waals surface area contributed by atoms with Gasteiger partial charge in [0.1, 0.15) is 5.75 Å². The molecular formula is C14H20O3. The molecule has 1 rings (SSSR count). The Kier molecular flexibility index (Phi) is 4.55. The number of carboxylic acids is 1. The lowest BCUT2D eigenvalue weighted by molar-refractivity contribution is -0.137. The Hall–Kier alpha value is -1.51. The van der Waals surface area contributed by atoms with Gasteiger partial charge in [-0.1, -0.05) is 13.0 Å². The highest BCUT2D eigenvalue weighted by Crippen LogP contribution is 2.26. The van der Waals surface area contributed by atoms with Gasteiger partial charge in [-0.05, 0) is 48.9 Å². The first-order valence-corrected chi connectivity index (χ1v) is 5.80. The summed E-state index contributed by atoms with van der Waals surface area (Å²) < 4.78 is 5.34. The highest BCUT2D eigenvalue weighted by molar-refractivity contribution is 5.67. The number of ether oxygens (including phenoxy) is 1. The van der Waals surface area contributed by atoms with Crippen LogP contribution in [0.4, 0.5) is 0 Å². The Morgan fingerprint density at radius 2 is 1.94 bits per heavy atom. The Morgan fingerprint density at radius 3 is 2.47 bits per heavy atom. The Bertz CT molecular complexity index is 410. The van der Waals surface area contributed by atoms with Crippen LogP contribution in [0.3, 0.4) is 0 Å². The Morgan fingerprint density at radius 1 is 1.35 bits per heavy atom. The normalized spacial score (nSPS) is 12.2. The van der Waals surface area contributed by atoms with Gasteiger partial charge in [-0.3, -0.25) is 4.79 Å². The number of rotatable bonds is 5. The fraction of sp³-hybridized carbons (Fsp3) is 0.500. The van der Waals surface area contributed by atoms with Crippen molar-refractivity contribution in [1.29, 1.82) is 0 Å². The molecule has 0 bridgehead atoms. The first kappa shape index (κ1) is 13.6. The first-order valence-electron chi connectivity index (χ1n) is 5.80. The van der Waals surface area contributed by atoms with E-state index in [9.17, 15) is 4.79 Å². The van der Waals surface area contributed by atoms with Gasteiger partial charge in [0.15, 0.2) is 0 Å². The van der Waals surface area contributed by atoms with Crippen LogP contribution in [0.15, 0.2) is 12.1 Å². The summed E-state index contributed by atoms with van der Waals surface area (Å²) in [6.07, 6.45) is 0.923. The Labute approximate surface area is 102 Å². The number of carbonyl (C=O) groups is 1. The van der Waals surface area contributed by atoms with E-state index in [0.29, 0.717) is 0 Å². The van der Waals surface area contributed by atoms with Gasteiger partial charge in [0.05, 0.1) is 7.11 Å². The van der Waals surface area contributed by atoms with E-state index in [0.717, 1.165) is 17.7 Å². The lowest BCUT2D eigenvalue weighted by atomic mass is 9.95. The largest absolute Gasteiger partial charge is 0.496 e. The van der Waals surface area contributed by atoms with Gasteiger partial charge < -0.3 is 9.84 Å². The number of hydrogen-bond acceptors (Lipinski definition) is 2. The summed E-state index contributed by atoms with van der Waals surface area (Å²) in [5.41, 5.74) is 3.49. The zero-order valence-corrected chi connectivity index (χ0v) is 10.9. The van der Waals surface area contributed by atoms with E-state index in [4.69, 9.17) is 9.84 Å². The minimum absolute atomic E-state index is 0.114. The van der Waals surface area contributed by atoms with Gasteiger partial charge in [-0.25, -0.2) is 0 Å². The molecule has 94 valence electrons. The van der Waals surface area contributed by atoms with Gasteiger partial charge in [-0.2, -0.15) is 0 Å². The van der Waals surface area contributed by atoms with Crippen LogP contribution in [0.1, 0.15) is 30.0 Å². The van der Waals surface area contributed by atoms with Crippen LogP contribution in [0.25, 0.3) is 0 Å². The molecule has 1 aromatic rings. The maximum Gasteiger partial charge on any atom is 0.303 e. The summed E-state index contributed by atoms with van der Waals surface area (Å²) in [5, 5.41) is 8.76. The summed E-state index contributed by atoms with van der Waals surface area (Å²) in [6.45, 7) is 6.05. The third-order valence-electron chi connectivity index (χ3n) is 2.99. The second kappa shape index (κ2) is 5.71. The summed E-state index contributed by atoms with van der Waals surface area (Å²) in [6, 6.07) is 4.10. The van der Waals surface area contributed by atoms with Gasteiger partial charge >= 0.3 is 5.97 Å². The predicted molar refractivity (Wildman–Crippen MR) is 67.6 cm³/mol. The van der Waals surface area contributed by atoms with Crippen molar-refractivity contribution in [3.8, 4) is 5.75 Å². The fourth-order valence-corrected chi connectivity index (χ4v) is 1.94. The number of aliphatic carboxylic acids is 1. The molecule has 0 aliphatic heterocycles. The van der Waals surface area contributed by atoms with E-state index in [1.165, 1.54) is 11.1 Å². The van der Waals surface area contributed by atoms with Crippen LogP contribution in [0.2, 0.25) is 0 Å². The number of methoxy groups -OCH3 is 1. The number of aryl methyl sites for hydroxylation is 2. The van der Waals surface area contributed by atoms with E-state index >= 15 is 0 Å². The molecule has 17 heavy (non-hydrogen) atoms. The topological polar surface area (TPSA) is 46.5 Å². The van der Waals surface area contributed by atoms with Crippen LogP contribution in [0.5, 0.6) is 5.75 Å². The average Bonchev–Trinajstić information content (AvgIpc) is 2.21. The SMILES string of the molecule is COc1cc(C)c(C)cc1CC(C)CC(=O)O. The van der Waals surface area contributed by atoms with Crippen LogP contribution < -0.4 is 4.74 Å². The number of carboxylic acid groups (broad SMARTS) is 1. The minimum atomic E-state index is -0.750. The van der Waals surface area contributed by atoms with Crippen molar-refractivity contribution in [1.82, 2.24) is 0 Å². The van der Waals surface area contributed by atoms with Crippen molar-refractivity contribution in [2.75, 3.05) is 7.11 Å². The highest BCUT2D eigenvalue weighted by Gasteiger charge is 2.12. The molecule has 0 aliphatic carbocycles. The maximum atomic E-state index is 10.6. The van der Waals surface area contributed by atoms with Gasteiger partial charge in [0.25, 0.3) is 0 Å². The molecule has 0 saturated carbocycles. The van der Waals surface area contributed by atoms with Gasteiger partial charge in [0.2, 0.25) is 0 Å². The van der Waals surface area contributed by atoms with Crippen molar-refractivity contribution in [2.24, 2.45) is 5.92 Å². The van der Waals surface area contributed by atoms with Crippen LogP contribution in [-0.2, 0) is 11.2 Å². The molecule has 0 amide bonds. The standard InChI is InChI=1S/C14H20O3/c1-9(6-14(15)16)5-12-7-10(2)11(3)8-13(12)17-4/h7-9H,5-6H2,1-4H3,(H,15,16). The molecule has 1 aromatic carbocycles. The lowest BCUT2D eigenvalue weighted by Gasteiger charge is -2.14. The predicted octanol–water partition coefficient (Wildman–Crippen LogP) is 2.97. The first-order chi connectivity index (χ1) is 7.93. The van der Waals surface area contributed by atoms with Gasteiger partial charge in [-0.15, -0.1) is 0 Å². The van der Waals surface area contributed by atoms with Crippen LogP contribution >= 0.6 is 0 Å². The molecular weight excluding hydrogens is 216 g/mol. The monoisotopic (exact) mass is 236 g/mol. The summed E-state index contributed by atoms with van der Waals surface area (Å²) in [5.74, 6) is 0.217. The third-order valence-corrected chi connectivity index (χ3v) is 2.99. The fourth-order valence-electron chi connectivity index (χ4n) is 1.94. The molecule has 0 fully saturated rings. The molecule has 0 aliphatic rings. The van der Waals surface area contributed by atoms with Crippen molar-refractivity contribution < 1.29 is 14.6 Å². The molecule has 1 atom stereocenters. The minimum Gasteiger partial charge on any atom is -0.496 e. The molecule has 3 nitrogen and oxygen atoms in total. The van der Waals surface area contributed by atoms with E-state index in [2.05, 4.69) is 13.0 Å². The van der Waals surface area contributed by atoms with Crippen molar-refractivity contribution >= 4 is 5.97 Å². The molecule has 0 saturated heterocycles. The summed E-state index contributed by atoms with van der Waals surface area (Å²) in [4.78, 5) is 10.6. The number of benzene rings is 1. The Balaban J connectivity index is 2.89. The van der Waals surface area contributed by atoms with E-state index in [1.807, 2.05) is 19.9 Å². The molecule has 0 spiro atoms. The second-order valence-electron chi connectivity index (χ2n) is 4.66. The molecule has 0 aromatic heterocycles. The van der Waals surface area contributed by atoms with Crippen LogP contribution in [0, 0.1) is 19.8 Å². The average molecular weight is 236 g/mol. The van der Waals surface area contributed by atoms with Gasteiger partial charge in [0, 0.05) is 6.42 Å². The van der Waals surface area contributed by atoms with E-state index < -0.39 is 5.97 Å². The zero-order chi connectivity index (χ0) is 13.0. The molecule has 1 N–H and O–H groups in total. The number of hydrogen-bond donors (Lipinski definition) is 1. The highest BCUT2D eigenvalue weighted by atomic mass is 16.5. The van der Waals surface area contributed by atoms with E-state index in [-0.39, 0.29) is 12.3 Å². The van der Waals surface area contributed by atoms with Crippen LogP contribution in [-0.4, -0.2) is 18.2 Å². The van der Waals surface area contributed by atoms with Crippen molar-refractivity contribution in [3.63, 3.8) is 0 Å². The van der Waals surface area contributed by atoms with Crippen molar-refractivity contribution in [2.45, 2.75) is 33.6 Å².